The average Bonchev–Trinajstić information content (AvgIpc) is 3.37. The first-order valence-electron chi connectivity index (χ1n) is 10.1. The lowest BCUT2D eigenvalue weighted by molar-refractivity contribution is -0.275. The Kier molecular flexibility index (Phi) is 5.95. The predicted octanol–water partition coefficient (Wildman–Crippen LogP) is 5.04. The maximum atomic E-state index is 14.2. The van der Waals surface area contributed by atoms with Gasteiger partial charge in [0.15, 0.2) is 0 Å². The number of amides is 1. The van der Waals surface area contributed by atoms with Gasteiger partial charge in [0.1, 0.15) is 11.5 Å². The maximum absolute atomic E-state index is 14.2. The largest absolute Gasteiger partial charge is 0.435 e. The quantitative estimate of drug-likeness (QED) is 0.587. The van der Waals surface area contributed by atoms with Crippen LogP contribution >= 0.6 is 23.2 Å². The van der Waals surface area contributed by atoms with Crippen LogP contribution in [0.25, 0.3) is 0 Å². The normalized spacial score (nSPS) is 19.8. The van der Waals surface area contributed by atoms with Crippen molar-refractivity contribution >= 4 is 34.9 Å². The molecule has 0 radical (unpaired) electrons. The molecule has 1 aromatic heterocycles. The van der Waals surface area contributed by atoms with Gasteiger partial charge in [0.25, 0.3) is 11.5 Å². The number of pyridine rings is 1. The molecule has 1 atom stereocenters. The number of aromatic nitrogens is 1. The number of nitrogens with one attached hydrogen (secondary N) is 1. The molecule has 178 valence electrons. The molecule has 1 amide bonds. The second-order valence-electron chi connectivity index (χ2n) is 8.68. The highest BCUT2D eigenvalue weighted by Crippen LogP contribution is 2.49. The van der Waals surface area contributed by atoms with Crippen molar-refractivity contribution in [1.29, 1.82) is 0 Å². The zero-order chi connectivity index (χ0) is 24.9. The summed E-state index contributed by atoms with van der Waals surface area (Å²) < 4.78 is 42.7. The summed E-state index contributed by atoms with van der Waals surface area (Å²) in [4.78, 5) is 23.4. The summed E-state index contributed by atoms with van der Waals surface area (Å²) >= 11 is 11.9. The minimum Gasteiger partial charge on any atom is -0.372 e. The fraction of sp³-hybridized carbons (Fsp3) is 0.348. The molecule has 0 saturated carbocycles. The molecule has 4 rings (SSSR count). The van der Waals surface area contributed by atoms with Gasteiger partial charge < -0.3 is 15.1 Å². The summed E-state index contributed by atoms with van der Waals surface area (Å²) in [5.41, 5.74) is -2.13. The van der Waals surface area contributed by atoms with Crippen molar-refractivity contribution < 1.29 is 22.8 Å². The van der Waals surface area contributed by atoms with Crippen LogP contribution in [-0.4, -0.2) is 33.3 Å². The smallest absolute Gasteiger partial charge is 0.372 e. The van der Waals surface area contributed by atoms with Crippen LogP contribution in [0.1, 0.15) is 47.4 Å². The van der Waals surface area contributed by atoms with Crippen LogP contribution in [0.4, 0.5) is 13.2 Å². The van der Waals surface area contributed by atoms with Crippen molar-refractivity contribution in [2.75, 3.05) is 0 Å². The van der Waals surface area contributed by atoms with Gasteiger partial charge in [0, 0.05) is 34.9 Å². The average molecular weight is 511 g/mol. The van der Waals surface area contributed by atoms with E-state index >= 15 is 0 Å². The summed E-state index contributed by atoms with van der Waals surface area (Å²) in [6.07, 6.45) is 1.60. The third kappa shape index (κ3) is 4.40. The maximum Gasteiger partial charge on any atom is 0.435 e. The van der Waals surface area contributed by atoms with Gasteiger partial charge in [-0.15, -0.1) is 6.42 Å². The zero-order valence-corrected chi connectivity index (χ0v) is 19.6. The number of nitrogens with zero attached hydrogens (tertiary/aromatic N) is 3. The Balaban J connectivity index is 1.55. The zero-order valence-electron chi connectivity index (χ0n) is 18.1. The number of alkyl halides is 3. The molecule has 6 nitrogen and oxygen atoms in total. The topological polar surface area (TPSA) is 66.8 Å². The van der Waals surface area contributed by atoms with Crippen molar-refractivity contribution in [1.82, 2.24) is 15.2 Å². The highest BCUT2D eigenvalue weighted by Gasteiger charge is 2.63. The van der Waals surface area contributed by atoms with E-state index in [9.17, 15) is 18.0 Å². The number of benzene rings is 1. The number of terminal acetylenes is 1. The van der Waals surface area contributed by atoms with Crippen LogP contribution in [0.5, 0.6) is 0 Å². The Morgan fingerprint density at radius 1 is 1.18 bits per heavy atom. The number of hydrogen-bond acceptors (Lipinski definition) is 5. The lowest BCUT2D eigenvalue weighted by atomic mass is 9.89. The van der Waals surface area contributed by atoms with E-state index in [1.807, 2.05) is 0 Å². The third-order valence-corrected chi connectivity index (χ3v) is 6.13. The SMILES string of the molecule is C#CC(C)(C)NC(=O)c1cc2c(cn1)CN(C1=NOC(c3cc(Cl)cc(Cl)c3)(C(F)(F)F)C1)C2. The molecule has 1 unspecified atom stereocenters. The minimum absolute atomic E-state index is 0.0571. The van der Waals surface area contributed by atoms with E-state index in [2.05, 4.69) is 21.4 Å². The van der Waals surface area contributed by atoms with E-state index in [1.165, 1.54) is 24.4 Å². The standard InChI is InChI=1S/C23H19Cl2F3N4O2/c1-4-21(2,3)30-20(33)18-5-13-11-32(12-14(13)10-29-18)19-9-22(34-31-19,23(26,27)28)15-6-16(24)8-17(25)7-15/h1,5-8,10H,9,11-12H2,2-3H3,(H,30,33). The summed E-state index contributed by atoms with van der Waals surface area (Å²) in [6.45, 7) is 3.87. The Hall–Kier alpha value is -2.96. The lowest BCUT2D eigenvalue weighted by Crippen LogP contribution is -2.43. The number of amidine groups is 1. The van der Waals surface area contributed by atoms with Gasteiger partial charge in [-0.3, -0.25) is 9.78 Å². The molecule has 2 aliphatic heterocycles. The minimum atomic E-state index is -4.78. The van der Waals surface area contributed by atoms with Gasteiger partial charge >= 0.3 is 6.18 Å². The van der Waals surface area contributed by atoms with E-state index in [0.29, 0.717) is 0 Å². The second-order valence-corrected chi connectivity index (χ2v) is 9.55. The Morgan fingerprint density at radius 2 is 1.82 bits per heavy atom. The van der Waals surface area contributed by atoms with Crippen LogP contribution in [0.2, 0.25) is 10.0 Å². The van der Waals surface area contributed by atoms with Crippen LogP contribution in [-0.2, 0) is 23.5 Å². The van der Waals surface area contributed by atoms with E-state index < -0.39 is 29.6 Å². The molecule has 3 heterocycles. The number of carbonyl (C=O) groups excluding carboxylic acids is 1. The molecular weight excluding hydrogens is 492 g/mol. The van der Waals surface area contributed by atoms with Gasteiger partial charge in [-0.05, 0) is 49.2 Å². The monoisotopic (exact) mass is 510 g/mol. The van der Waals surface area contributed by atoms with Crippen LogP contribution < -0.4 is 5.32 Å². The Bertz CT molecular complexity index is 1220. The molecule has 2 aromatic rings. The number of fused-ring (bicyclic) bond motifs is 1. The number of oxime groups is 1. The first-order valence-corrected chi connectivity index (χ1v) is 10.9. The van der Waals surface area contributed by atoms with Crippen molar-refractivity contribution in [2.45, 2.75) is 50.7 Å². The summed E-state index contributed by atoms with van der Waals surface area (Å²) in [5.74, 6) is 2.14. The fourth-order valence-electron chi connectivity index (χ4n) is 3.82. The van der Waals surface area contributed by atoms with Gasteiger partial charge in [-0.1, -0.05) is 34.3 Å². The van der Waals surface area contributed by atoms with E-state index in [0.717, 1.165) is 11.1 Å². The highest BCUT2D eigenvalue weighted by molar-refractivity contribution is 6.34. The molecule has 1 aromatic carbocycles. The number of hydrogen-bond donors (Lipinski definition) is 1. The van der Waals surface area contributed by atoms with E-state index in [-0.39, 0.29) is 40.2 Å². The molecule has 0 saturated heterocycles. The highest BCUT2D eigenvalue weighted by atomic mass is 35.5. The van der Waals surface area contributed by atoms with Gasteiger partial charge in [-0.2, -0.15) is 13.2 Å². The molecule has 1 N–H and O–H groups in total. The predicted molar refractivity (Wildman–Crippen MR) is 121 cm³/mol. The Labute approximate surface area is 204 Å². The first kappa shape index (κ1) is 24.2. The van der Waals surface area contributed by atoms with Gasteiger partial charge in [0.2, 0.25) is 0 Å². The molecule has 0 fully saturated rings. The number of rotatable bonds is 3. The fourth-order valence-corrected chi connectivity index (χ4v) is 4.34. The summed E-state index contributed by atoms with van der Waals surface area (Å²) in [6, 6.07) is 5.28. The van der Waals surface area contributed by atoms with Crippen LogP contribution in [0.3, 0.4) is 0 Å². The molecule has 2 aliphatic rings. The summed E-state index contributed by atoms with van der Waals surface area (Å²) in [7, 11) is 0. The molecule has 0 aliphatic carbocycles. The van der Waals surface area contributed by atoms with Crippen molar-refractivity contribution in [3.63, 3.8) is 0 Å². The van der Waals surface area contributed by atoms with Crippen LogP contribution in [0.15, 0.2) is 35.6 Å². The summed E-state index contributed by atoms with van der Waals surface area (Å²) in [5, 5.41) is 6.60. The number of carbonyl (C=O) groups is 1. The third-order valence-electron chi connectivity index (χ3n) is 5.69. The molecule has 34 heavy (non-hydrogen) atoms. The first-order chi connectivity index (χ1) is 15.8. The second kappa shape index (κ2) is 8.36. The molecule has 0 spiro atoms. The van der Waals surface area contributed by atoms with E-state index in [4.69, 9.17) is 34.5 Å². The molecular formula is C23H19Cl2F3N4O2. The lowest BCUT2D eigenvalue weighted by Gasteiger charge is -2.30. The molecule has 0 bridgehead atoms. The van der Waals surface area contributed by atoms with Crippen molar-refractivity contribution in [2.24, 2.45) is 5.16 Å². The van der Waals surface area contributed by atoms with Crippen molar-refractivity contribution in [3.8, 4) is 12.3 Å². The Morgan fingerprint density at radius 3 is 2.44 bits per heavy atom. The van der Waals surface area contributed by atoms with Gasteiger partial charge in [-0.25, -0.2) is 0 Å². The van der Waals surface area contributed by atoms with E-state index in [1.54, 1.807) is 24.8 Å². The van der Waals surface area contributed by atoms with Crippen molar-refractivity contribution in [3.05, 3.63) is 62.9 Å². The molecule has 11 heteroatoms. The number of halogens is 5. The van der Waals surface area contributed by atoms with Crippen LogP contribution in [0, 0.1) is 12.3 Å². The van der Waals surface area contributed by atoms with Gasteiger partial charge in [0.05, 0.1) is 12.0 Å².